The molecular formula is C18H14ClN3O5S. The molecule has 0 unspecified atom stereocenters. The molecule has 10 heteroatoms. The molecule has 0 atom stereocenters. The van der Waals surface area contributed by atoms with Crippen LogP contribution in [0.3, 0.4) is 0 Å². The summed E-state index contributed by atoms with van der Waals surface area (Å²) < 4.78 is 38.2. The van der Waals surface area contributed by atoms with E-state index in [-0.39, 0.29) is 34.5 Å². The van der Waals surface area contributed by atoms with Crippen molar-refractivity contribution in [1.82, 2.24) is 14.6 Å². The largest absolute Gasteiger partial charge is 0.450 e. The first-order chi connectivity index (χ1) is 13.4. The standard InChI is InChI=1S/C18H14ClN3O5S/c19-13-5-6-14-15(21-27-20-14)16(13)28(24,25)22-9-7-18(8-10-22)12-4-2-1-3-11(12)17(23)26-18/h1-6H,7-10H2. The normalized spacial score (nSPS) is 19.1. The maximum Gasteiger partial charge on any atom is 0.339 e. The average molecular weight is 420 g/mol. The predicted octanol–water partition coefficient (Wildman–Crippen LogP) is 2.73. The number of hydrogen-bond acceptors (Lipinski definition) is 7. The number of esters is 1. The number of ether oxygens (including phenoxy) is 1. The summed E-state index contributed by atoms with van der Waals surface area (Å²) in [6.45, 7) is 0.365. The monoisotopic (exact) mass is 419 g/mol. The van der Waals surface area contributed by atoms with Crippen LogP contribution in [0.1, 0.15) is 28.8 Å². The Morgan fingerprint density at radius 1 is 1.07 bits per heavy atom. The van der Waals surface area contributed by atoms with Crippen LogP contribution in [0.15, 0.2) is 45.9 Å². The second-order valence-corrected chi connectivity index (χ2v) is 9.12. The molecule has 3 heterocycles. The van der Waals surface area contributed by atoms with Crippen molar-refractivity contribution in [2.45, 2.75) is 23.3 Å². The molecule has 0 amide bonds. The van der Waals surface area contributed by atoms with E-state index in [2.05, 4.69) is 14.9 Å². The lowest BCUT2D eigenvalue weighted by atomic mass is 9.84. The number of hydrogen-bond donors (Lipinski definition) is 0. The third-order valence-electron chi connectivity index (χ3n) is 5.39. The molecule has 5 rings (SSSR count). The lowest BCUT2D eigenvalue weighted by Crippen LogP contribution is -2.45. The van der Waals surface area contributed by atoms with Crippen LogP contribution in [0.4, 0.5) is 0 Å². The molecule has 1 aromatic heterocycles. The number of sulfonamides is 1. The van der Waals surface area contributed by atoms with E-state index in [0.717, 1.165) is 5.56 Å². The molecule has 0 saturated carbocycles. The van der Waals surface area contributed by atoms with E-state index in [0.29, 0.717) is 23.9 Å². The van der Waals surface area contributed by atoms with Gasteiger partial charge in [0, 0.05) is 31.5 Å². The molecule has 0 N–H and O–H groups in total. The van der Waals surface area contributed by atoms with Crippen molar-refractivity contribution in [1.29, 1.82) is 0 Å². The first-order valence-electron chi connectivity index (χ1n) is 8.66. The Morgan fingerprint density at radius 3 is 2.61 bits per heavy atom. The van der Waals surface area contributed by atoms with E-state index >= 15 is 0 Å². The fourth-order valence-corrected chi connectivity index (χ4v) is 6.05. The molecule has 0 radical (unpaired) electrons. The second kappa shape index (κ2) is 6.00. The third kappa shape index (κ3) is 2.40. The van der Waals surface area contributed by atoms with Gasteiger partial charge in [-0.25, -0.2) is 17.8 Å². The van der Waals surface area contributed by atoms with Gasteiger partial charge in [-0.05, 0) is 28.5 Å². The number of rotatable bonds is 2. The zero-order chi connectivity index (χ0) is 19.5. The van der Waals surface area contributed by atoms with Crippen LogP contribution in [0.5, 0.6) is 0 Å². The van der Waals surface area contributed by atoms with E-state index in [4.69, 9.17) is 16.3 Å². The molecule has 1 spiro atoms. The fourth-order valence-electron chi connectivity index (χ4n) is 3.98. The van der Waals surface area contributed by atoms with Gasteiger partial charge in [0.25, 0.3) is 0 Å². The minimum atomic E-state index is -3.93. The summed E-state index contributed by atoms with van der Waals surface area (Å²) in [7, 11) is -3.93. The van der Waals surface area contributed by atoms with Crippen molar-refractivity contribution in [2.24, 2.45) is 0 Å². The average Bonchev–Trinajstić information content (AvgIpc) is 3.25. The molecule has 1 fully saturated rings. The van der Waals surface area contributed by atoms with Crippen LogP contribution in [0.25, 0.3) is 11.0 Å². The summed E-state index contributed by atoms with van der Waals surface area (Å²) in [4.78, 5) is 12.1. The van der Waals surface area contributed by atoms with Crippen molar-refractivity contribution in [3.05, 3.63) is 52.5 Å². The van der Waals surface area contributed by atoms with Gasteiger partial charge in [0.15, 0.2) is 5.52 Å². The van der Waals surface area contributed by atoms with Crippen LogP contribution >= 0.6 is 11.6 Å². The highest BCUT2D eigenvalue weighted by molar-refractivity contribution is 7.89. The summed E-state index contributed by atoms with van der Waals surface area (Å²) >= 11 is 6.19. The van der Waals surface area contributed by atoms with Gasteiger partial charge in [0.1, 0.15) is 16.0 Å². The molecule has 2 aliphatic heterocycles. The molecule has 1 saturated heterocycles. The van der Waals surface area contributed by atoms with Crippen molar-refractivity contribution >= 4 is 38.6 Å². The maximum atomic E-state index is 13.3. The quantitative estimate of drug-likeness (QED) is 0.588. The van der Waals surface area contributed by atoms with Gasteiger partial charge in [-0.3, -0.25) is 0 Å². The number of carbonyl (C=O) groups is 1. The lowest BCUT2D eigenvalue weighted by Gasteiger charge is -2.37. The maximum absolute atomic E-state index is 13.3. The van der Waals surface area contributed by atoms with Gasteiger partial charge in [-0.2, -0.15) is 4.31 Å². The molecule has 0 bridgehead atoms. The molecule has 8 nitrogen and oxygen atoms in total. The third-order valence-corrected chi connectivity index (χ3v) is 7.79. The molecule has 28 heavy (non-hydrogen) atoms. The number of halogens is 1. The molecule has 0 aliphatic carbocycles. The second-order valence-electron chi connectivity index (χ2n) is 6.84. The number of fused-ring (bicyclic) bond motifs is 3. The highest BCUT2D eigenvalue weighted by Crippen LogP contribution is 2.45. The summed E-state index contributed by atoms with van der Waals surface area (Å²) in [5, 5.41) is 7.45. The zero-order valence-electron chi connectivity index (χ0n) is 14.5. The van der Waals surface area contributed by atoms with Crippen molar-refractivity contribution in [3.63, 3.8) is 0 Å². The summed E-state index contributed by atoms with van der Waals surface area (Å²) in [6.07, 6.45) is 0.722. The number of piperidine rings is 1. The highest BCUT2D eigenvalue weighted by atomic mass is 35.5. The Bertz CT molecular complexity index is 1210. The Labute approximate surface area is 165 Å². The molecule has 3 aromatic rings. The van der Waals surface area contributed by atoms with Crippen molar-refractivity contribution in [3.8, 4) is 0 Å². The molecule has 2 aliphatic rings. The van der Waals surface area contributed by atoms with Crippen LogP contribution in [-0.4, -0.2) is 42.1 Å². The number of carbonyl (C=O) groups excluding carboxylic acids is 1. The van der Waals surface area contributed by atoms with Gasteiger partial charge in [0.05, 0.1) is 10.6 Å². The minimum Gasteiger partial charge on any atom is -0.450 e. The summed E-state index contributed by atoms with van der Waals surface area (Å²) in [6, 6.07) is 10.2. The van der Waals surface area contributed by atoms with Crippen molar-refractivity contribution in [2.75, 3.05) is 13.1 Å². The summed E-state index contributed by atoms with van der Waals surface area (Å²) in [5.41, 5.74) is 0.990. The van der Waals surface area contributed by atoms with Crippen LogP contribution < -0.4 is 0 Å². The van der Waals surface area contributed by atoms with Gasteiger partial charge < -0.3 is 4.74 Å². The minimum absolute atomic E-state index is 0.0566. The van der Waals surface area contributed by atoms with Crippen molar-refractivity contribution < 1.29 is 22.6 Å². The molecule has 2 aromatic carbocycles. The van der Waals surface area contributed by atoms with E-state index < -0.39 is 15.6 Å². The first-order valence-corrected chi connectivity index (χ1v) is 10.5. The number of nitrogens with zero attached hydrogens (tertiary/aromatic N) is 3. The fraction of sp³-hybridized carbons (Fsp3) is 0.278. The first kappa shape index (κ1) is 17.6. The predicted molar refractivity (Wildman–Crippen MR) is 98.3 cm³/mol. The Balaban J connectivity index is 1.48. The van der Waals surface area contributed by atoms with E-state index in [1.807, 2.05) is 12.1 Å². The zero-order valence-corrected chi connectivity index (χ0v) is 16.0. The highest BCUT2D eigenvalue weighted by Gasteiger charge is 2.49. The molecule has 144 valence electrons. The Morgan fingerprint density at radius 2 is 1.82 bits per heavy atom. The molecular weight excluding hydrogens is 406 g/mol. The number of benzene rings is 2. The van der Waals surface area contributed by atoms with E-state index in [9.17, 15) is 13.2 Å². The van der Waals surface area contributed by atoms with E-state index in [1.54, 1.807) is 18.2 Å². The van der Waals surface area contributed by atoms with Crippen LogP contribution in [0.2, 0.25) is 5.02 Å². The van der Waals surface area contributed by atoms with Crippen LogP contribution in [0, 0.1) is 0 Å². The van der Waals surface area contributed by atoms with Crippen LogP contribution in [-0.2, 0) is 20.4 Å². The van der Waals surface area contributed by atoms with Gasteiger partial charge in [-0.15, -0.1) is 0 Å². The topological polar surface area (TPSA) is 103 Å². The Hall–Kier alpha value is -2.49. The van der Waals surface area contributed by atoms with E-state index in [1.165, 1.54) is 10.4 Å². The van der Waals surface area contributed by atoms with Gasteiger partial charge in [-0.1, -0.05) is 29.8 Å². The number of aromatic nitrogens is 2. The van der Waals surface area contributed by atoms with Gasteiger partial charge >= 0.3 is 5.97 Å². The Kier molecular flexibility index (Phi) is 3.77. The smallest absolute Gasteiger partial charge is 0.339 e. The van der Waals surface area contributed by atoms with Gasteiger partial charge in [0.2, 0.25) is 10.0 Å². The SMILES string of the molecule is O=C1OC2(CCN(S(=O)(=O)c3c(Cl)ccc4nonc34)CC2)c2ccccc21. The lowest BCUT2D eigenvalue weighted by molar-refractivity contribution is -0.0329. The summed E-state index contributed by atoms with van der Waals surface area (Å²) in [5.74, 6) is -0.367.